The predicted octanol–water partition coefficient (Wildman–Crippen LogP) is 18.3. The van der Waals surface area contributed by atoms with E-state index in [0.29, 0.717) is 0 Å². The van der Waals surface area contributed by atoms with E-state index in [-0.39, 0.29) is 28.4 Å². The predicted molar refractivity (Wildman–Crippen MR) is 356 cm³/mol. The van der Waals surface area contributed by atoms with Gasteiger partial charge in [0, 0.05) is 49.4 Å². The number of fused-ring (bicyclic) bond motifs is 13. The molecule has 84 heavy (non-hydrogen) atoms. The molecule has 11 aromatic carbocycles. The molecule has 3 aliphatic heterocycles. The Labute approximate surface area is 494 Å². The summed E-state index contributed by atoms with van der Waals surface area (Å²) in [6.07, 6.45) is 0. The van der Waals surface area contributed by atoms with E-state index in [4.69, 9.17) is 0 Å². The van der Waals surface area contributed by atoms with E-state index >= 15 is 0 Å². The van der Waals surface area contributed by atoms with Crippen molar-refractivity contribution in [1.82, 2.24) is 9.13 Å². The van der Waals surface area contributed by atoms with Crippen molar-refractivity contribution in [1.29, 1.82) is 0 Å². The van der Waals surface area contributed by atoms with Crippen molar-refractivity contribution in [2.24, 2.45) is 0 Å². The van der Waals surface area contributed by atoms with Crippen LogP contribution < -0.4 is 16.4 Å². The Bertz CT molecular complexity index is 4950. The zero-order valence-corrected chi connectivity index (χ0v) is 49.8. The standard InChI is InChI=1S/C81H67BN2/c1-77(2,3)51-37-33-48(34-38-51)69-70-57-28-18-17-23-50(57)43-66-76(70)83(72(69)49-35-39-52(40-36-49)78(4,5)6)68-42-41-64-75-71(68)82(66)67-47-56(80(9,10)54-26-15-12-16-27-54)45-61-60-44-55(79(7,8)53-24-13-11-14-25-53)46-65(73(60)84(75)74(61)67)81(64)62-31-21-19-29-58(62)59-30-20-22-32-63(59)81/h11-47H,1-10H3. The molecule has 0 amide bonds. The molecule has 0 atom stereocenters. The summed E-state index contributed by atoms with van der Waals surface area (Å²) in [4.78, 5) is 0. The summed E-state index contributed by atoms with van der Waals surface area (Å²) in [5.41, 5.74) is 30.3. The monoisotopic (exact) mass is 1080 g/mol. The molecule has 5 heterocycles. The van der Waals surface area contributed by atoms with Crippen LogP contribution in [0.15, 0.2) is 224 Å². The third-order valence-corrected chi connectivity index (χ3v) is 20.8. The van der Waals surface area contributed by atoms with Crippen molar-refractivity contribution in [3.8, 4) is 44.9 Å². The first kappa shape index (κ1) is 49.7. The molecular formula is C81H67BN2. The van der Waals surface area contributed by atoms with E-state index in [1.54, 1.807) is 0 Å². The molecule has 2 aromatic heterocycles. The van der Waals surface area contributed by atoms with Crippen LogP contribution in [-0.4, -0.2) is 15.8 Å². The average Bonchev–Trinajstić information content (AvgIpc) is 1.41. The molecule has 3 heteroatoms. The summed E-state index contributed by atoms with van der Waals surface area (Å²) in [5, 5.41) is 6.51. The van der Waals surface area contributed by atoms with Crippen LogP contribution in [0, 0.1) is 0 Å². The highest BCUT2D eigenvalue weighted by Gasteiger charge is 2.55. The van der Waals surface area contributed by atoms with Gasteiger partial charge in [0.25, 0.3) is 6.71 Å². The van der Waals surface area contributed by atoms with Crippen molar-refractivity contribution in [3.63, 3.8) is 0 Å². The first-order valence-corrected chi connectivity index (χ1v) is 30.5. The van der Waals surface area contributed by atoms with E-state index < -0.39 is 5.41 Å². The average molecular weight is 1080 g/mol. The Balaban J connectivity index is 1.10. The quantitative estimate of drug-likeness (QED) is 0.147. The van der Waals surface area contributed by atoms with Crippen molar-refractivity contribution in [3.05, 3.63) is 280 Å². The lowest BCUT2D eigenvalue weighted by atomic mass is 9.33. The van der Waals surface area contributed by atoms with Crippen LogP contribution in [0.5, 0.6) is 0 Å². The van der Waals surface area contributed by atoms with Gasteiger partial charge in [-0.3, -0.25) is 0 Å². The lowest BCUT2D eigenvalue weighted by molar-refractivity contribution is 0.590. The summed E-state index contributed by atoms with van der Waals surface area (Å²) in [7, 11) is 0. The van der Waals surface area contributed by atoms with Gasteiger partial charge >= 0.3 is 0 Å². The third-order valence-electron chi connectivity index (χ3n) is 20.8. The Morgan fingerprint density at radius 2 is 0.869 bits per heavy atom. The zero-order chi connectivity index (χ0) is 57.1. The highest BCUT2D eigenvalue weighted by molar-refractivity contribution is 7.00. The molecule has 0 saturated carbocycles. The van der Waals surface area contributed by atoms with Gasteiger partial charge in [-0.05, 0) is 134 Å². The van der Waals surface area contributed by atoms with Crippen LogP contribution in [0.2, 0.25) is 0 Å². The van der Waals surface area contributed by atoms with E-state index in [0.717, 1.165) is 0 Å². The Morgan fingerprint density at radius 1 is 0.357 bits per heavy atom. The fourth-order valence-corrected chi connectivity index (χ4v) is 16.3. The Morgan fingerprint density at radius 3 is 1.46 bits per heavy atom. The number of benzene rings is 11. The normalized spacial score (nSPS) is 14.4. The van der Waals surface area contributed by atoms with Crippen LogP contribution in [-0.2, 0) is 27.1 Å². The highest BCUT2D eigenvalue weighted by atomic mass is 15.1. The maximum atomic E-state index is 2.80. The van der Waals surface area contributed by atoms with Gasteiger partial charge < -0.3 is 9.13 Å². The van der Waals surface area contributed by atoms with Gasteiger partial charge in [0.05, 0.1) is 22.1 Å². The SMILES string of the molecule is CC(C)(C)c1ccc(-c2c(-c3ccc(C(C)(C)C)cc3)n3c4c(cc5ccccc5c24)B2c4c-3ccc3c4-n4c5c2cc(C(C)(C)c2ccccc2)cc5c2cc(C(C)(C)c5ccccc5)cc(c24)C32c3ccccc3-c3ccccc32)cc1. The molecule has 4 aliphatic rings. The first-order chi connectivity index (χ1) is 40.5. The van der Waals surface area contributed by atoms with Crippen LogP contribution in [0.4, 0.5) is 0 Å². The number of aromatic nitrogens is 2. The minimum Gasteiger partial charge on any atom is -0.310 e. The summed E-state index contributed by atoms with van der Waals surface area (Å²) >= 11 is 0. The molecule has 1 aliphatic carbocycles. The van der Waals surface area contributed by atoms with Crippen LogP contribution in [0.3, 0.4) is 0 Å². The number of hydrogen-bond donors (Lipinski definition) is 0. The van der Waals surface area contributed by atoms with E-state index in [9.17, 15) is 0 Å². The summed E-state index contributed by atoms with van der Waals surface area (Å²) in [6.45, 7) is 23.6. The van der Waals surface area contributed by atoms with Crippen molar-refractivity contribution >= 4 is 66.6 Å². The second kappa shape index (κ2) is 16.7. The minimum absolute atomic E-state index is 0.00189. The van der Waals surface area contributed by atoms with Gasteiger partial charge in [-0.1, -0.05) is 275 Å². The number of rotatable bonds is 6. The van der Waals surface area contributed by atoms with Crippen LogP contribution in [0.1, 0.15) is 125 Å². The largest absolute Gasteiger partial charge is 0.310 e. The lowest BCUT2D eigenvalue weighted by Gasteiger charge is -2.44. The fourth-order valence-electron chi connectivity index (χ4n) is 16.3. The molecule has 1 spiro atoms. The van der Waals surface area contributed by atoms with Gasteiger partial charge in [-0.25, -0.2) is 0 Å². The second-order valence-electron chi connectivity index (χ2n) is 28.0. The summed E-state index contributed by atoms with van der Waals surface area (Å²) in [6, 6.07) is 87.9. The third kappa shape index (κ3) is 6.32. The Hall–Kier alpha value is -8.92. The van der Waals surface area contributed by atoms with Crippen molar-refractivity contribution in [2.45, 2.75) is 96.3 Å². The van der Waals surface area contributed by atoms with Crippen LogP contribution in [0.25, 0.3) is 88.4 Å². The smallest absolute Gasteiger partial charge is 0.252 e. The molecular weight excluding hydrogens is 1010 g/mol. The number of nitrogens with zero attached hydrogens (tertiary/aromatic N) is 2. The molecule has 0 radical (unpaired) electrons. The van der Waals surface area contributed by atoms with Crippen molar-refractivity contribution in [2.75, 3.05) is 0 Å². The first-order valence-electron chi connectivity index (χ1n) is 30.5. The summed E-state index contributed by atoms with van der Waals surface area (Å²) in [5.74, 6) is 0. The molecule has 2 nitrogen and oxygen atoms in total. The van der Waals surface area contributed by atoms with Gasteiger partial charge in [-0.2, -0.15) is 0 Å². The van der Waals surface area contributed by atoms with Gasteiger partial charge in [0.1, 0.15) is 0 Å². The van der Waals surface area contributed by atoms with E-state index in [1.807, 2.05) is 0 Å². The van der Waals surface area contributed by atoms with E-state index in [1.165, 1.54) is 160 Å². The zero-order valence-electron chi connectivity index (χ0n) is 49.8. The molecule has 0 fully saturated rings. The van der Waals surface area contributed by atoms with Gasteiger partial charge in [0.2, 0.25) is 0 Å². The molecule has 404 valence electrons. The molecule has 13 aromatic rings. The Kier molecular flexibility index (Phi) is 9.86. The van der Waals surface area contributed by atoms with Gasteiger partial charge in [0.15, 0.2) is 0 Å². The maximum absolute atomic E-state index is 2.80. The molecule has 0 saturated heterocycles. The maximum Gasteiger partial charge on any atom is 0.252 e. The molecule has 17 rings (SSSR count). The van der Waals surface area contributed by atoms with Gasteiger partial charge in [-0.15, -0.1) is 0 Å². The van der Waals surface area contributed by atoms with E-state index in [2.05, 4.69) is 303 Å². The summed E-state index contributed by atoms with van der Waals surface area (Å²) < 4.78 is 5.54. The molecule has 0 bridgehead atoms. The second-order valence-corrected chi connectivity index (χ2v) is 28.0. The highest BCUT2D eigenvalue weighted by Crippen LogP contribution is 2.63. The topological polar surface area (TPSA) is 9.86 Å². The molecule has 0 unspecified atom stereocenters. The lowest BCUT2D eigenvalue weighted by Crippen LogP contribution is -2.60. The number of hydrogen-bond acceptors (Lipinski definition) is 0. The fraction of sp³-hybridized carbons (Fsp3) is 0.185. The van der Waals surface area contributed by atoms with Crippen LogP contribution >= 0.6 is 0 Å². The minimum atomic E-state index is -0.640. The van der Waals surface area contributed by atoms with Crippen molar-refractivity contribution < 1.29 is 0 Å². The molecule has 0 N–H and O–H groups in total.